The van der Waals surface area contributed by atoms with Crippen molar-refractivity contribution in [2.75, 3.05) is 19.0 Å². The molecule has 1 aromatic carbocycles. The highest BCUT2D eigenvalue weighted by Gasteiger charge is 2.15. The fraction of sp³-hybridized carbons (Fsp3) is 0.333. The Morgan fingerprint density at radius 3 is 2.78 bits per heavy atom. The SMILES string of the molecule is COCCn1c(C)cc(-c2csc(CC(=O)Nc3ccccc3C)n2)c1C. The molecule has 1 N–H and O–H groups in total. The summed E-state index contributed by atoms with van der Waals surface area (Å²) in [6.07, 6.45) is 0.279. The second-order valence-corrected chi connectivity index (χ2v) is 7.54. The Morgan fingerprint density at radius 2 is 2.04 bits per heavy atom. The van der Waals surface area contributed by atoms with Crippen molar-refractivity contribution in [1.29, 1.82) is 0 Å². The number of anilines is 1. The highest BCUT2D eigenvalue weighted by molar-refractivity contribution is 7.10. The third kappa shape index (κ3) is 4.46. The van der Waals surface area contributed by atoms with Gasteiger partial charge in [0, 0.05) is 41.7 Å². The van der Waals surface area contributed by atoms with Gasteiger partial charge in [-0.1, -0.05) is 18.2 Å². The zero-order chi connectivity index (χ0) is 19.4. The Labute approximate surface area is 164 Å². The van der Waals surface area contributed by atoms with Gasteiger partial charge in [-0.25, -0.2) is 4.98 Å². The van der Waals surface area contributed by atoms with Crippen molar-refractivity contribution >= 4 is 22.9 Å². The van der Waals surface area contributed by atoms with E-state index in [1.807, 2.05) is 36.6 Å². The first-order chi connectivity index (χ1) is 13.0. The number of rotatable bonds is 7. The smallest absolute Gasteiger partial charge is 0.231 e. The summed E-state index contributed by atoms with van der Waals surface area (Å²) in [6, 6.07) is 9.92. The maximum Gasteiger partial charge on any atom is 0.231 e. The standard InChI is InChI=1S/C21H25N3O2S/c1-14-7-5-6-8-18(14)22-20(25)12-21-23-19(13-27-21)17-11-15(2)24(16(17)3)9-10-26-4/h5-8,11,13H,9-10,12H2,1-4H3,(H,22,25). The number of amides is 1. The van der Waals surface area contributed by atoms with Gasteiger partial charge in [-0.2, -0.15) is 0 Å². The lowest BCUT2D eigenvalue weighted by Crippen LogP contribution is -2.14. The molecule has 0 aliphatic carbocycles. The van der Waals surface area contributed by atoms with Crippen LogP contribution in [0.1, 0.15) is 22.0 Å². The molecule has 5 nitrogen and oxygen atoms in total. The molecule has 0 atom stereocenters. The summed E-state index contributed by atoms with van der Waals surface area (Å²) < 4.78 is 7.44. The molecule has 2 heterocycles. The van der Waals surface area contributed by atoms with Crippen LogP contribution in [0.15, 0.2) is 35.7 Å². The average molecular weight is 384 g/mol. The number of ether oxygens (including phenoxy) is 1. The van der Waals surface area contributed by atoms with Crippen LogP contribution in [0.3, 0.4) is 0 Å². The molecule has 0 bridgehead atoms. The number of aryl methyl sites for hydroxylation is 2. The lowest BCUT2D eigenvalue weighted by molar-refractivity contribution is -0.115. The fourth-order valence-electron chi connectivity index (χ4n) is 3.15. The number of para-hydroxylation sites is 1. The Balaban J connectivity index is 1.72. The predicted molar refractivity (Wildman–Crippen MR) is 110 cm³/mol. The minimum atomic E-state index is -0.0456. The molecule has 142 valence electrons. The van der Waals surface area contributed by atoms with Crippen molar-refractivity contribution in [2.24, 2.45) is 0 Å². The van der Waals surface area contributed by atoms with Gasteiger partial charge in [0.15, 0.2) is 0 Å². The highest BCUT2D eigenvalue weighted by Crippen LogP contribution is 2.28. The molecular formula is C21H25N3O2S. The molecule has 3 aromatic rings. The zero-order valence-corrected chi connectivity index (χ0v) is 17.0. The number of hydrogen-bond acceptors (Lipinski definition) is 4. The topological polar surface area (TPSA) is 56.1 Å². The van der Waals surface area contributed by atoms with E-state index in [1.54, 1.807) is 7.11 Å². The molecule has 0 aliphatic heterocycles. The zero-order valence-electron chi connectivity index (χ0n) is 16.2. The van der Waals surface area contributed by atoms with Crippen LogP contribution >= 0.6 is 11.3 Å². The quantitative estimate of drug-likeness (QED) is 0.659. The number of thiazole rings is 1. The Hall–Kier alpha value is -2.44. The van der Waals surface area contributed by atoms with Crippen molar-refractivity contribution in [3.8, 4) is 11.3 Å². The van der Waals surface area contributed by atoms with Crippen LogP contribution in [0, 0.1) is 20.8 Å². The van der Waals surface area contributed by atoms with Crippen LogP contribution in [0.5, 0.6) is 0 Å². The number of benzene rings is 1. The summed E-state index contributed by atoms with van der Waals surface area (Å²) in [5, 5.41) is 5.81. The van der Waals surface area contributed by atoms with Crippen molar-refractivity contribution in [3.63, 3.8) is 0 Å². The average Bonchev–Trinajstić information content (AvgIpc) is 3.20. The normalized spacial score (nSPS) is 11.0. The number of nitrogens with zero attached hydrogens (tertiary/aromatic N) is 2. The van der Waals surface area contributed by atoms with Gasteiger partial charge in [-0.15, -0.1) is 11.3 Å². The minimum Gasteiger partial charge on any atom is -0.383 e. The third-order valence-electron chi connectivity index (χ3n) is 4.65. The van der Waals surface area contributed by atoms with Crippen molar-refractivity contribution in [2.45, 2.75) is 33.7 Å². The van der Waals surface area contributed by atoms with Crippen LogP contribution in [-0.4, -0.2) is 29.2 Å². The lowest BCUT2D eigenvalue weighted by Gasteiger charge is -2.08. The summed E-state index contributed by atoms with van der Waals surface area (Å²) in [6.45, 7) is 7.68. The Kier molecular flexibility index (Phi) is 6.08. The highest BCUT2D eigenvalue weighted by atomic mass is 32.1. The molecule has 0 aliphatic rings. The first kappa shape index (κ1) is 19.3. The molecule has 3 rings (SSSR count). The van der Waals surface area contributed by atoms with E-state index < -0.39 is 0 Å². The molecule has 1 amide bonds. The maximum absolute atomic E-state index is 12.4. The van der Waals surface area contributed by atoms with Crippen molar-refractivity contribution in [1.82, 2.24) is 9.55 Å². The van der Waals surface area contributed by atoms with E-state index >= 15 is 0 Å². The first-order valence-corrected chi connectivity index (χ1v) is 9.83. The number of methoxy groups -OCH3 is 1. The first-order valence-electron chi connectivity index (χ1n) is 8.95. The van der Waals surface area contributed by atoms with Gasteiger partial charge in [0.2, 0.25) is 5.91 Å². The molecule has 6 heteroatoms. The van der Waals surface area contributed by atoms with Crippen LogP contribution < -0.4 is 5.32 Å². The summed E-state index contributed by atoms with van der Waals surface area (Å²) in [5.74, 6) is -0.0456. The summed E-state index contributed by atoms with van der Waals surface area (Å²) in [7, 11) is 1.71. The second kappa shape index (κ2) is 8.50. The number of nitrogens with one attached hydrogen (secondary N) is 1. The van der Waals surface area contributed by atoms with Gasteiger partial charge in [0.25, 0.3) is 0 Å². The van der Waals surface area contributed by atoms with E-state index in [0.717, 1.165) is 34.1 Å². The van der Waals surface area contributed by atoms with E-state index in [1.165, 1.54) is 22.7 Å². The lowest BCUT2D eigenvalue weighted by atomic mass is 10.2. The largest absolute Gasteiger partial charge is 0.383 e. The monoisotopic (exact) mass is 383 g/mol. The van der Waals surface area contributed by atoms with E-state index in [0.29, 0.717) is 6.61 Å². The predicted octanol–water partition coefficient (Wildman–Crippen LogP) is 4.36. The summed E-state index contributed by atoms with van der Waals surface area (Å²) in [5.41, 5.74) is 6.30. The van der Waals surface area contributed by atoms with Gasteiger partial charge in [0.05, 0.1) is 18.7 Å². The molecule has 0 spiro atoms. The number of aromatic nitrogens is 2. The van der Waals surface area contributed by atoms with Crippen LogP contribution in [-0.2, 0) is 22.5 Å². The van der Waals surface area contributed by atoms with Gasteiger partial charge in [-0.05, 0) is 38.5 Å². The van der Waals surface area contributed by atoms with Crippen LogP contribution in [0.2, 0.25) is 0 Å². The van der Waals surface area contributed by atoms with E-state index in [4.69, 9.17) is 9.72 Å². The van der Waals surface area contributed by atoms with Gasteiger partial charge in [0.1, 0.15) is 5.01 Å². The minimum absolute atomic E-state index is 0.0456. The Bertz CT molecular complexity index is 943. The molecule has 0 unspecified atom stereocenters. The van der Waals surface area contributed by atoms with E-state index in [-0.39, 0.29) is 12.3 Å². The number of carbonyl (C=O) groups excluding carboxylic acids is 1. The number of carbonyl (C=O) groups is 1. The third-order valence-corrected chi connectivity index (χ3v) is 5.50. The van der Waals surface area contributed by atoms with E-state index in [9.17, 15) is 4.79 Å². The van der Waals surface area contributed by atoms with Gasteiger partial charge < -0.3 is 14.6 Å². The summed E-state index contributed by atoms with van der Waals surface area (Å²) >= 11 is 1.52. The molecule has 0 saturated heterocycles. The fourth-order valence-corrected chi connectivity index (χ4v) is 3.94. The van der Waals surface area contributed by atoms with Crippen LogP contribution in [0.25, 0.3) is 11.3 Å². The maximum atomic E-state index is 12.4. The number of hydrogen-bond donors (Lipinski definition) is 1. The van der Waals surface area contributed by atoms with Crippen LogP contribution in [0.4, 0.5) is 5.69 Å². The van der Waals surface area contributed by atoms with Gasteiger partial charge >= 0.3 is 0 Å². The van der Waals surface area contributed by atoms with Crippen molar-refractivity contribution in [3.05, 3.63) is 57.7 Å². The second-order valence-electron chi connectivity index (χ2n) is 6.60. The molecule has 0 radical (unpaired) electrons. The molecule has 0 fully saturated rings. The molecule has 27 heavy (non-hydrogen) atoms. The van der Waals surface area contributed by atoms with Crippen molar-refractivity contribution < 1.29 is 9.53 Å². The molecule has 0 saturated carbocycles. The summed E-state index contributed by atoms with van der Waals surface area (Å²) in [4.78, 5) is 17.1. The van der Waals surface area contributed by atoms with E-state index in [2.05, 4.69) is 29.8 Å². The molecular weight excluding hydrogens is 358 g/mol. The van der Waals surface area contributed by atoms with Gasteiger partial charge in [-0.3, -0.25) is 4.79 Å². The molecule has 2 aromatic heterocycles. The Morgan fingerprint density at radius 1 is 1.26 bits per heavy atom.